The van der Waals surface area contributed by atoms with Crippen molar-refractivity contribution in [3.8, 4) is 0 Å². The van der Waals surface area contributed by atoms with Gasteiger partial charge in [-0.05, 0) is 31.0 Å². The van der Waals surface area contributed by atoms with Crippen LogP contribution in [0.5, 0.6) is 0 Å². The molecule has 76 valence electrons. The maximum Gasteiger partial charge on any atom is 0.146 e. The van der Waals surface area contributed by atoms with Gasteiger partial charge in [-0.3, -0.25) is 0 Å². The summed E-state index contributed by atoms with van der Waals surface area (Å²) in [5.41, 5.74) is 1.65. The molecule has 0 saturated carbocycles. The van der Waals surface area contributed by atoms with Crippen molar-refractivity contribution in [2.45, 2.75) is 19.4 Å². The lowest BCUT2D eigenvalue weighted by molar-refractivity contribution is 0.195. The zero-order valence-electron chi connectivity index (χ0n) is 8.22. The van der Waals surface area contributed by atoms with Gasteiger partial charge in [0.05, 0.1) is 18.3 Å². The van der Waals surface area contributed by atoms with Crippen LogP contribution in [0.1, 0.15) is 12.0 Å². The molecule has 0 amide bonds. The third kappa shape index (κ3) is 2.04. The SMILES string of the molecule is Cc1ccc(F)c(NC2CCOC2)c1. The van der Waals surface area contributed by atoms with Crippen LogP contribution in [0.4, 0.5) is 10.1 Å². The number of benzene rings is 1. The minimum absolute atomic E-state index is 0.192. The Kier molecular flexibility index (Phi) is 2.68. The van der Waals surface area contributed by atoms with Crippen LogP contribution in [-0.2, 0) is 4.74 Å². The van der Waals surface area contributed by atoms with Crippen molar-refractivity contribution >= 4 is 5.69 Å². The summed E-state index contributed by atoms with van der Waals surface area (Å²) in [6.45, 7) is 3.40. The van der Waals surface area contributed by atoms with E-state index in [0.29, 0.717) is 12.3 Å². The maximum atomic E-state index is 13.3. The first-order chi connectivity index (χ1) is 6.75. The first-order valence-electron chi connectivity index (χ1n) is 4.86. The molecular formula is C11H14FNO. The Morgan fingerprint density at radius 3 is 3.07 bits per heavy atom. The molecule has 0 radical (unpaired) electrons. The van der Waals surface area contributed by atoms with Crippen LogP contribution >= 0.6 is 0 Å². The molecule has 1 aromatic rings. The van der Waals surface area contributed by atoms with Gasteiger partial charge < -0.3 is 10.1 Å². The molecule has 0 aromatic heterocycles. The lowest BCUT2D eigenvalue weighted by atomic mass is 10.2. The van der Waals surface area contributed by atoms with Crippen molar-refractivity contribution in [3.63, 3.8) is 0 Å². The van der Waals surface area contributed by atoms with Crippen molar-refractivity contribution in [1.82, 2.24) is 0 Å². The molecule has 1 atom stereocenters. The van der Waals surface area contributed by atoms with E-state index < -0.39 is 0 Å². The molecule has 0 spiro atoms. The van der Waals surface area contributed by atoms with E-state index >= 15 is 0 Å². The van der Waals surface area contributed by atoms with Gasteiger partial charge >= 0.3 is 0 Å². The highest BCUT2D eigenvalue weighted by molar-refractivity contribution is 5.47. The highest BCUT2D eigenvalue weighted by Gasteiger charge is 2.16. The second-order valence-corrected chi connectivity index (χ2v) is 3.69. The van der Waals surface area contributed by atoms with Gasteiger partial charge in [0.15, 0.2) is 0 Å². The molecule has 0 aliphatic carbocycles. The molecule has 1 aromatic carbocycles. The molecule has 1 fully saturated rings. The molecule has 1 heterocycles. The predicted octanol–water partition coefficient (Wildman–Crippen LogP) is 2.33. The Hall–Kier alpha value is -1.09. The number of hydrogen-bond acceptors (Lipinski definition) is 2. The average molecular weight is 195 g/mol. The number of anilines is 1. The molecule has 1 aliphatic rings. The first kappa shape index (κ1) is 9.46. The summed E-state index contributed by atoms with van der Waals surface area (Å²) in [4.78, 5) is 0. The van der Waals surface area contributed by atoms with Crippen LogP contribution in [0.15, 0.2) is 18.2 Å². The lowest BCUT2D eigenvalue weighted by Crippen LogP contribution is -2.19. The molecule has 14 heavy (non-hydrogen) atoms. The van der Waals surface area contributed by atoms with Crippen LogP contribution < -0.4 is 5.32 Å². The predicted molar refractivity (Wildman–Crippen MR) is 54.0 cm³/mol. The van der Waals surface area contributed by atoms with E-state index in [9.17, 15) is 4.39 Å². The van der Waals surface area contributed by atoms with E-state index in [2.05, 4.69) is 5.32 Å². The van der Waals surface area contributed by atoms with Gasteiger partial charge in [-0.2, -0.15) is 0 Å². The van der Waals surface area contributed by atoms with Gasteiger partial charge in [-0.15, -0.1) is 0 Å². The molecule has 2 nitrogen and oxygen atoms in total. The number of rotatable bonds is 2. The van der Waals surface area contributed by atoms with Gasteiger partial charge in [0.2, 0.25) is 0 Å². The fourth-order valence-electron chi connectivity index (χ4n) is 1.62. The molecule has 1 aliphatic heterocycles. The zero-order chi connectivity index (χ0) is 9.97. The average Bonchev–Trinajstić information content (AvgIpc) is 2.64. The van der Waals surface area contributed by atoms with E-state index in [-0.39, 0.29) is 11.9 Å². The number of halogens is 1. The number of ether oxygens (including phenoxy) is 1. The van der Waals surface area contributed by atoms with Gasteiger partial charge in [0.1, 0.15) is 5.82 Å². The first-order valence-corrected chi connectivity index (χ1v) is 4.86. The van der Waals surface area contributed by atoms with Gasteiger partial charge in [-0.1, -0.05) is 6.07 Å². The van der Waals surface area contributed by atoms with E-state index in [1.807, 2.05) is 13.0 Å². The number of hydrogen-bond donors (Lipinski definition) is 1. The number of aryl methyl sites for hydroxylation is 1. The van der Waals surface area contributed by atoms with Crippen LogP contribution in [0, 0.1) is 12.7 Å². The third-order valence-corrected chi connectivity index (χ3v) is 2.41. The Bertz CT molecular complexity index is 321. The minimum Gasteiger partial charge on any atom is -0.379 e. The molecule has 1 unspecified atom stereocenters. The topological polar surface area (TPSA) is 21.3 Å². The largest absolute Gasteiger partial charge is 0.379 e. The summed E-state index contributed by atoms with van der Waals surface area (Å²) >= 11 is 0. The molecular weight excluding hydrogens is 181 g/mol. The highest BCUT2D eigenvalue weighted by atomic mass is 19.1. The summed E-state index contributed by atoms with van der Waals surface area (Å²) < 4.78 is 18.5. The summed E-state index contributed by atoms with van der Waals surface area (Å²) in [5, 5.41) is 3.15. The smallest absolute Gasteiger partial charge is 0.146 e. The standard InChI is InChI=1S/C11H14FNO/c1-8-2-3-10(12)11(6-8)13-9-4-5-14-7-9/h2-3,6,9,13H,4-5,7H2,1H3. The Morgan fingerprint density at radius 2 is 2.36 bits per heavy atom. The van der Waals surface area contributed by atoms with Gasteiger partial charge in [0, 0.05) is 6.61 Å². The fraction of sp³-hybridized carbons (Fsp3) is 0.455. The fourth-order valence-corrected chi connectivity index (χ4v) is 1.62. The van der Waals surface area contributed by atoms with Gasteiger partial charge in [-0.25, -0.2) is 4.39 Å². The molecule has 3 heteroatoms. The zero-order valence-corrected chi connectivity index (χ0v) is 8.22. The molecule has 2 rings (SSSR count). The summed E-state index contributed by atoms with van der Waals surface area (Å²) in [6, 6.07) is 5.35. The molecule has 0 bridgehead atoms. The minimum atomic E-state index is -0.192. The molecule has 1 saturated heterocycles. The Morgan fingerprint density at radius 1 is 1.50 bits per heavy atom. The second-order valence-electron chi connectivity index (χ2n) is 3.69. The number of nitrogens with one attached hydrogen (secondary N) is 1. The second kappa shape index (κ2) is 3.96. The third-order valence-electron chi connectivity index (χ3n) is 2.41. The Labute approximate surface area is 83.1 Å². The van der Waals surface area contributed by atoms with E-state index in [1.165, 1.54) is 6.07 Å². The summed E-state index contributed by atoms with van der Waals surface area (Å²) in [6.07, 6.45) is 0.952. The van der Waals surface area contributed by atoms with Crippen molar-refractivity contribution in [2.75, 3.05) is 18.5 Å². The van der Waals surface area contributed by atoms with E-state index in [1.54, 1.807) is 6.07 Å². The van der Waals surface area contributed by atoms with Gasteiger partial charge in [0.25, 0.3) is 0 Å². The van der Waals surface area contributed by atoms with Crippen LogP contribution in [0.25, 0.3) is 0 Å². The summed E-state index contributed by atoms with van der Waals surface area (Å²) in [7, 11) is 0. The van der Waals surface area contributed by atoms with Crippen LogP contribution in [0.3, 0.4) is 0 Å². The quantitative estimate of drug-likeness (QED) is 0.782. The van der Waals surface area contributed by atoms with E-state index in [4.69, 9.17) is 4.74 Å². The van der Waals surface area contributed by atoms with Crippen molar-refractivity contribution in [3.05, 3.63) is 29.6 Å². The monoisotopic (exact) mass is 195 g/mol. The van der Waals surface area contributed by atoms with Crippen molar-refractivity contribution in [1.29, 1.82) is 0 Å². The van der Waals surface area contributed by atoms with Crippen molar-refractivity contribution in [2.24, 2.45) is 0 Å². The highest BCUT2D eigenvalue weighted by Crippen LogP contribution is 2.18. The Balaban J connectivity index is 2.10. The van der Waals surface area contributed by atoms with Crippen LogP contribution in [-0.4, -0.2) is 19.3 Å². The van der Waals surface area contributed by atoms with Crippen molar-refractivity contribution < 1.29 is 9.13 Å². The normalized spacial score (nSPS) is 21.1. The lowest BCUT2D eigenvalue weighted by Gasteiger charge is -2.13. The molecule has 1 N–H and O–H groups in total. The maximum absolute atomic E-state index is 13.3. The van der Waals surface area contributed by atoms with E-state index in [0.717, 1.165) is 18.6 Å². The van der Waals surface area contributed by atoms with Crippen LogP contribution in [0.2, 0.25) is 0 Å². The summed E-state index contributed by atoms with van der Waals surface area (Å²) in [5.74, 6) is -0.192.